The van der Waals surface area contributed by atoms with Crippen molar-refractivity contribution in [3.05, 3.63) is 41.5 Å². The smallest absolute Gasteiger partial charge is 0.253 e. The van der Waals surface area contributed by atoms with Crippen LogP contribution in [0.15, 0.2) is 35.9 Å². The summed E-state index contributed by atoms with van der Waals surface area (Å²) in [6.45, 7) is 3.62. The second-order valence-corrected chi connectivity index (χ2v) is 7.97. The Morgan fingerprint density at radius 3 is 2.22 bits per heavy atom. The Morgan fingerprint density at radius 2 is 1.56 bits per heavy atom. The summed E-state index contributed by atoms with van der Waals surface area (Å²) in [6.07, 6.45) is 7.84. The van der Waals surface area contributed by atoms with Gasteiger partial charge in [0.05, 0.1) is 17.5 Å². The molecule has 2 heterocycles. The van der Waals surface area contributed by atoms with Crippen LogP contribution < -0.4 is 4.90 Å². The lowest BCUT2D eigenvalue weighted by Gasteiger charge is -2.21. The molecule has 3 amide bonds. The lowest BCUT2D eigenvalue weighted by molar-refractivity contribution is -0.122. The molecule has 0 radical (unpaired) electrons. The number of carbonyl (C=O) groups excluding carboxylic acids is 3. The van der Waals surface area contributed by atoms with Crippen LogP contribution in [0.2, 0.25) is 0 Å². The van der Waals surface area contributed by atoms with E-state index >= 15 is 0 Å². The van der Waals surface area contributed by atoms with Crippen molar-refractivity contribution in [2.45, 2.75) is 45.4 Å². The Hall–Kier alpha value is -2.43. The Balaban J connectivity index is 1.51. The van der Waals surface area contributed by atoms with Crippen LogP contribution in [0.5, 0.6) is 0 Å². The molecule has 2 saturated heterocycles. The van der Waals surface area contributed by atoms with Crippen molar-refractivity contribution in [1.29, 1.82) is 0 Å². The van der Waals surface area contributed by atoms with E-state index in [1.165, 1.54) is 23.3 Å². The van der Waals surface area contributed by atoms with Crippen molar-refractivity contribution in [2.24, 2.45) is 11.8 Å². The summed E-state index contributed by atoms with van der Waals surface area (Å²) in [5.41, 5.74) is 2.37. The van der Waals surface area contributed by atoms with Gasteiger partial charge in [-0.15, -0.1) is 0 Å². The highest BCUT2D eigenvalue weighted by Crippen LogP contribution is 2.39. The van der Waals surface area contributed by atoms with Crippen LogP contribution in [0.3, 0.4) is 0 Å². The fraction of sp³-hybridized carbons (Fsp3) is 0.500. The molecule has 2 fully saturated rings. The molecular formula is C22H26N2O3. The zero-order valence-corrected chi connectivity index (χ0v) is 15.8. The van der Waals surface area contributed by atoms with E-state index in [0.29, 0.717) is 24.1 Å². The minimum absolute atomic E-state index is 0.0380. The van der Waals surface area contributed by atoms with Crippen molar-refractivity contribution in [3.63, 3.8) is 0 Å². The highest BCUT2D eigenvalue weighted by atomic mass is 16.2. The van der Waals surface area contributed by atoms with E-state index < -0.39 is 0 Å². The molecule has 3 aliphatic rings. The van der Waals surface area contributed by atoms with Crippen molar-refractivity contribution < 1.29 is 14.4 Å². The second-order valence-electron chi connectivity index (χ2n) is 7.97. The lowest BCUT2D eigenvalue weighted by Crippen LogP contribution is -2.32. The van der Waals surface area contributed by atoms with Crippen LogP contribution in [0.1, 0.15) is 55.8 Å². The van der Waals surface area contributed by atoms with Gasteiger partial charge in [-0.25, -0.2) is 0 Å². The quantitative estimate of drug-likeness (QED) is 0.594. The van der Waals surface area contributed by atoms with Gasteiger partial charge in [0.15, 0.2) is 0 Å². The summed E-state index contributed by atoms with van der Waals surface area (Å²) in [6, 6.07) is 6.96. The number of benzene rings is 1. The molecule has 0 N–H and O–H groups in total. The zero-order valence-electron chi connectivity index (χ0n) is 15.8. The summed E-state index contributed by atoms with van der Waals surface area (Å²) in [7, 11) is 0. The molecule has 0 saturated carbocycles. The number of fused-ring (bicyclic) bond motifs is 1. The second kappa shape index (κ2) is 7.29. The monoisotopic (exact) mass is 366 g/mol. The largest absolute Gasteiger partial charge is 0.339 e. The van der Waals surface area contributed by atoms with Gasteiger partial charge in [-0.05, 0) is 56.9 Å². The molecule has 1 aromatic carbocycles. The molecule has 5 nitrogen and oxygen atoms in total. The van der Waals surface area contributed by atoms with Crippen LogP contribution in [-0.4, -0.2) is 35.7 Å². The number of imide groups is 1. The van der Waals surface area contributed by atoms with Gasteiger partial charge in [0, 0.05) is 18.7 Å². The minimum atomic E-state index is -0.236. The lowest BCUT2D eigenvalue weighted by atomic mass is 9.82. The summed E-state index contributed by atoms with van der Waals surface area (Å²) in [4.78, 5) is 41.5. The molecule has 1 aromatic rings. The van der Waals surface area contributed by atoms with E-state index in [4.69, 9.17) is 0 Å². The third-order valence-electron chi connectivity index (χ3n) is 6.09. The molecule has 0 spiro atoms. The molecule has 0 unspecified atom stereocenters. The molecule has 27 heavy (non-hydrogen) atoms. The van der Waals surface area contributed by atoms with Gasteiger partial charge in [0.25, 0.3) is 5.91 Å². The minimum Gasteiger partial charge on any atom is -0.339 e. The van der Waals surface area contributed by atoms with E-state index in [2.05, 4.69) is 6.08 Å². The van der Waals surface area contributed by atoms with Crippen LogP contribution in [0, 0.1) is 11.8 Å². The molecule has 0 aromatic heterocycles. The molecule has 142 valence electrons. The number of hydrogen-bond acceptors (Lipinski definition) is 3. The molecule has 1 aliphatic carbocycles. The average Bonchev–Trinajstić information content (AvgIpc) is 2.87. The fourth-order valence-corrected chi connectivity index (χ4v) is 4.50. The van der Waals surface area contributed by atoms with Gasteiger partial charge >= 0.3 is 0 Å². The first-order valence-electron chi connectivity index (χ1n) is 9.99. The topological polar surface area (TPSA) is 57.7 Å². The summed E-state index contributed by atoms with van der Waals surface area (Å²) in [5, 5.41) is 0. The Morgan fingerprint density at radius 1 is 0.926 bits per heavy atom. The highest BCUT2D eigenvalue weighted by molar-refractivity contribution is 6.22. The van der Waals surface area contributed by atoms with Crippen molar-refractivity contribution in [1.82, 2.24) is 4.90 Å². The van der Waals surface area contributed by atoms with Gasteiger partial charge in [-0.2, -0.15) is 0 Å². The molecular weight excluding hydrogens is 340 g/mol. The average molecular weight is 366 g/mol. The molecule has 2 atom stereocenters. The maximum absolute atomic E-state index is 12.8. The highest BCUT2D eigenvalue weighted by Gasteiger charge is 2.48. The Bertz CT molecular complexity index is 788. The van der Waals surface area contributed by atoms with Gasteiger partial charge in [-0.1, -0.05) is 24.5 Å². The molecule has 4 rings (SSSR count). The van der Waals surface area contributed by atoms with Crippen LogP contribution in [0.25, 0.3) is 0 Å². The van der Waals surface area contributed by atoms with E-state index in [1.807, 2.05) is 11.8 Å². The van der Waals surface area contributed by atoms with E-state index in [1.54, 1.807) is 24.3 Å². The van der Waals surface area contributed by atoms with Gasteiger partial charge in [0.1, 0.15) is 0 Å². The van der Waals surface area contributed by atoms with Crippen LogP contribution >= 0.6 is 0 Å². The van der Waals surface area contributed by atoms with Crippen molar-refractivity contribution >= 4 is 23.4 Å². The number of hydrogen-bond donors (Lipinski definition) is 0. The number of amides is 3. The van der Waals surface area contributed by atoms with E-state index in [-0.39, 0.29) is 29.6 Å². The number of anilines is 1. The van der Waals surface area contributed by atoms with Crippen molar-refractivity contribution in [2.75, 3.05) is 18.0 Å². The van der Waals surface area contributed by atoms with Gasteiger partial charge < -0.3 is 4.90 Å². The molecule has 0 bridgehead atoms. The Labute approximate surface area is 160 Å². The third kappa shape index (κ3) is 3.31. The normalized spacial score (nSPS) is 25.9. The van der Waals surface area contributed by atoms with Gasteiger partial charge in [-0.3, -0.25) is 19.3 Å². The third-order valence-corrected chi connectivity index (χ3v) is 6.09. The predicted molar refractivity (Wildman–Crippen MR) is 103 cm³/mol. The number of rotatable bonds is 2. The zero-order chi connectivity index (χ0) is 19.0. The SMILES string of the molecule is CC1=CC[C@@H]2C(=O)N(c3ccc(C(=O)N4CCCCCC4)cc3)C(=O)[C@H]2C1. The number of carbonyl (C=O) groups is 3. The molecule has 5 heteroatoms. The van der Waals surface area contributed by atoms with Crippen LogP contribution in [-0.2, 0) is 9.59 Å². The number of allylic oxidation sites excluding steroid dienone is 2. The fourth-order valence-electron chi connectivity index (χ4n) is 4.50. The summed E-state index contributed by atoms with van der Waals surface area (Å²) < 4.78 is 0. The first-order chi connectivity index (χ1) is 13.1. The Kier molecular flexibility index (Phi) is 4.85. The number of likely N-dealkylation sites (tertiary alicyclic amines) is 1. The first-order valence-corrected chi connectivity index (χ1v) is 9.99. The maximum atomic E-state index is 12.8. The van der Waals surface area contributed by atoms with Crippen LogP contribution in [0.4, 0.5) is 5.69 Å². The standard InChI is InChI=1S/C22H26N2O3/c1-15-6-11-18-19(14-15)22(27)24(21(18)26)17-9-7-16(8-10-17)20(25)23-12-4-2-3-5-13-23/h6-10,18-19H,2-5,11-14H2,1H3/t18-,19-/m0/s1. The number of nitrogens with zero attached hydrogens (tertiary/aromatic N) is 2. The van der Waals surface area contributed by atoms with Crippen molar-refractivity contribution in [3.8, 4) is 0 Å². The first kappa shape index (κ1) is 18.0. The molecule has 2 aliphatic heterocycles. The predicted octanol–water partition coefficient (Wildman–Crippen LogP) is 3.55. The summed E-state index contributed by atoms with van der Waals surface area (Å²) in [5.74, 6) is -0.652. The summed E-state index contributed by atoms with van der Waals surface area (Å²) >= 11 is 0. The van der Waals surface area contributed by atoms with E-state index in [0.717, 1.165) is 25.9 Å². The van der Waals surface area contributed by atoms with E-state index in [9.17, 15) is 14.4 Å². The van der Waals surface area contributed by atoms with Gasteiger partial charge in [0.2, 0.25) is 11.8 Å². The maximum Gasteiger partial charge on any atom is 0.253 e.